The molecule has 0 radical (unpaired) electrons. The summed E-state index contributed by atoms with van der Waals surface area (Å²) >= 11 is 11.7. The Kier molecular flexibility index (Phi) is 7.75. The third kappa shape index (κ3) is 6.94. The molecule has 0 unspecified atom stereocenters. The molecule has 0 aliphatic heterocycles. The normalized spacial score (nSPS) is 10.3. The number of aryl methyl sites for hydroxylation is 1. The van der Waals surface area contributed by atoms with E-state index < -0.39 is 0 Å². The molecule has 2 N–H and O–H groups in total. The standard InChI is InChI=1S/C19H20Cl2N2O3/c1-13-11-16(8-9-17(13)21)26-10-2-3-18(24)22-23-19(25)12-14-4-6-15(20)7-5-14/h4-9,11H,2-3,10,12H2,1H3,(H,22,24)(H,23,25). The Bertz CT molecular complexity index is 764. The average molecular weight is 395 g/mol. The van der Waals surface area contributed by atoms with Gasteiger partial charge in [-0.05, 0) is 54.8 Å². The summed E-state index contributed by atoms with van der Waals surface area (Å²) in [6, 6.07) is 12.4. The molecule has 0 fully saturated rings. The molecule has 0 aromatic heterocycles. The lowest BCUT2D eigenvalue weighted by molar-refractivity contribution is -0.128. The molecule has 26 heavy (non-hydrogen) atoms. The lowest BCUT2D eigenvalue weighted by atomic mass is 10.1. The minimum atomic E-state index is -0.298. The number of carbonyl (C=O) groups excluding carboxylic acids is 2. The van der Waals surface area contributed by atoms with Gasteiger partial charge in [0.1, 0.15) is 5.75 Å². The van der Waals surface area contributed by atoms with Crippen molar-refractivity contribution in [1.29, 1.82) is 0 Å². The van der Waals surface area contributed by atoms with Gasteiger partial charge < -0.3 is 4.74 Å². The van der Waals surface area contributed by atoms with Crippen LogP contribution in [0.2, 0.25) is 10.0 Å². The van der Waals surface area contributed by atoms with Gasteiger partial charge in [0.2, 0.25) is 11.8 Å². The van der Waals surface area contributed by atoms with Crippen LogP contribution >= 0.6 is 23.2 Å². The van der Waals surface area contributed by atoms with Gasteiger partial charge in [0.15, 0.2) is 0 Å². The van der Waals surface area contributed by atoms with Gasteiger partial charge >= 0.3 is 0 Å². The summed E-state index contributed by atoms with van der Waals surface area (Å²) in [6.45, 7) is 2.29. The lowest BCUT2D eigenvalue weighted by Gasteiger charge is -2.09. The van der Waals surface area contributed by atoms with Crippen LogP contribution in [-0.2, 0) is 16.0 Å². The third-order valence-corrected chi connectivity index (χ3v) is 4.24. The molecular weight excluding hydrogens is 375 g/mol. The Labute approximate surface area is 162 Å². The fraction of sp³-hybridized carbons (Fsp3) is 0.263. The largest absolute Gasteiger partial charge is 0.494 e. The van der Waals surface area contributed by atoms with Crippen molar-refractivity contribution in [3.8, 4) is 5.75 Å². The number of benzene rings is 2. The lowest BCUT2D eigenvalue weighted by Crippen LogP contribution is -2.42. The van der Waals surface area contributed by atoms with Crippen molar-refractivity contribution in [2.24, 2.45) is 0 Å². The van der Waals surface area contributed by atoms with E-state index in [4.69, 9.17) is 27.9 Å². The predicted octanol–water partition coefficient (Wildman–Crippen LogP) is 3.85. The minimum absolute atomic E-state index is 0.163. The van der Waals surface area contributed by atoms with E-state index in [2.05, 4.69) is 10.9 Å². The van der Waals surface area contributed by atoms with E-state index in [0.29, 0.717) is 28.8 Å². The molecule has 0 heterocycles. The number of halogens is 2. The summed E-state index contributed by atoms with van der Waals surface area (Å²) in [7, 11) is 0. The smallest absolute Gasteiger partial charge is 0.242 e. The minimum Gasteiger partial charge on any atom is -0.494 e. The first-order valence-corrected chi connectivity index (χ1v) is 8.91. The van der Waals surface area contributed by atoms with Crippen LogP contribution in [0.25, 0.3) is 0 Å². The number of nitrogens with one attached hydrogen (secondary N) is 2. The Balaban J connectivity index is 1.61. The molecule has 0 bridgehead atoms. The van der Waals surface area contributed by atoms with Gasteiger partial charge in [-0.1, -0.05) is 35.3 Å². The van der Waals surface area contributed by atoms with E-state index >= 15 is 0 Å². The van der Waals surface area contributed by atoms with Gasteiger partial charge in [-0.15, -0.1) is 0 Å². The number of hydrogen-bond donors (Lipinski definition) is 2. The van der Waals surface area contributed by atoms with Crippen LogP contribution in [0, 0.1) is 6.92 Å². The van der Waals surface area contributed by atoms with Gasteiger partial charge in [0.05, 0.1) is 13.0 Å². The van der Waals surface area contributed by atoms with Crippen LogP contribution in [0.1, 0.15) is 24.0 Å². The quantitative estimate of drug-likeness (QED) is 0.553. The molecule has 2 rings (SSSR count). The van der Waals surface area contributed by atoms with E-state index in [1.165, 1.54) is 0 Å². The highest BCUT2D eigenvalue weighted by Crippen LogP contribution is 2.21. The first-order chi connectivity index (χ1) is 12.4. The Hall–Kier alpha value is -2.24. The van der Waals surface area contributed by atoms with Gasteiger partial charge in [-0.2, -0.15) is 0 Å². The van der Waals surface area contributed by atoms with E-state index in [9.17, 15) is 9.59 Å². The number of hydrazine groups is 1. The summed E-state index contributed by atoms with van der Waals surface area (Å²) in [5.74, 6) is 0.141. The molecule has 7 heteroatoms. The third-order valence-electron chi connectivity index (χ3n) is 3.57. The van der Waals surface area contributed by atoms with Crippen LogP contribution in [0.3, 0.4) is 0 Å². The second kappa shape index (κ2) is 10.0. The van der Waals surface area contributed by atoms with Crippen LogP contribution in [0.4, 0.5) is 0 Å². The molecule has 0 atom stereocenters. The number of amides is 2. The maximum atomic E-state index is 11.8. The molecule has 138 valence electrons. The topological polar surface area (TPSA) is 67.4 Å². The summed E-state index contributed by atoms with van der Waals surface area (Å²) < 4.78 is 5.57. The van der Waals surface area contributed by atoms with Crippen LogP contribution in [0.5, 0.6) is 5.75 Å². The second-order valence-corrected chi connectivity index (χ2v) is 6.61. The van der Waals surface area contributed by atoms with Crippen molar-refractivity contribution in [2.75, 3.05) is 6.61 Å². The van der Waals surface area contributed by atoms with E-state index in [0.717, 1.165) is 11.1 Å². The van der Waals surface area contributed by atoms with Crippen molar-refractivity contribution >= 4 is 35.0 Å². The molecule has 0 saturated carbocycles. The fourth-order valence-corrected chi connectivity index (χ4v) is 2.41. The van der Waals surface area contributed by atoms with Crippen LogP contribution in [0.15, 0.2) is 42.5 Å². The molecule has 2 aromatic carbocycles. The maximum absolute atomic E-state index is 11.8. The molecular formula is C19H20Cl2N2O3. The van der Waals surface area contributed by atoms with Crippen LogP contribution in [-0.4, -0.2) is 18.4 Å². The monoisotopic (exact) mass is 394 g/mol. The van der Waals surface area contributed by atoms with E-state index in [1.807, 2.05) is 13.0 Å². The number of hydrogen-bond acceptors (Lipinski definition) is 3. The van der Waals surface area contributed by atoms with Gasteiger partial charge in [0, 0.05) is 16.5 Å². The van der Waals surface area contributed by atoms with Crippen molar-refractivity contribution < 1.29 is 14.3 Å². The predicted molar refractivity (Wildman–Crippen MR) is 102 cm³/mol. The van der Waals surface area contributed by atoms with Crippen molar-refractivity contribution in [3.63, 3.8) is 0 Å². The Morgan fingerprint density at radius 1 is 1.00 bits per heavy atom. The summed E-state index contributed by atoms with van der Waals surface area (Å²) in [4.78, 5) is 23.5. The molecule has 2 aromatic rings. The number of rotatable bonds is 7. The van der Waals surface area contributed by atoms with Crippen molar-refractivity contribution in [3.05, 3.63) is 63.6 Å². The molecule has 0 saturated heterocycles. The molecule has 2 amide bonds. The van der Waals surface area contributed by atoms with Gasteiger partial charge in [-0.25, -0.2) is 0 Å². The highest BCUT2D eigenvalue weighted by atomic mass is 35.5. The summed E-state index contributed by atoms with van der Waals surface area (Å²) in [5.41, 5.74) is 6.53. The second-order valence-electron chi connectivity index (χ2n) is 5.76. The molecule has 0 spiro atoms. The molecule has 0 aliphatic carbocycles. The van der Waals surface area contributed by atoms with Crippen molar-refractivity contribution in [2.45, 2.75) is 26.2 Å². The zero-order chi connectivity index (χ0) is 18.9. The molecule has 5 nitrogen and oxygen atoms in total. The first kappa shape index (κ1) is 20.1. The first-order valence-electron chi connectivity index (χ1n) is 8.15. The zero-order valence-corrected chi connectivity index (χ0v) is 15.9. The highest BCUT2D eigenvalue weighted by molar-refractivity contribution is 6.31. The van der Waals surface area contributed by atoms with Gasteiger partial charge in [0.25, 0.3) is 0 Å². The Morgan fingerprint density at radius 2 is 1.69 bits per heavy atom. The Morgan fingerprint density at radius 3 is 2.38 bits per heavy atom. The summed E-state index contributed by atoms with van der Waals surface area (Å²) in [5, 5.41) is 1.30. The highest BCUT2D eigenvalue weighted by Gasteiger charge is 2.06. The van der Waals surface area contributed by atoms with Crippen LogP contribution < -0.4 is 15.6 Å². The number of ether oxygens (including phenoxy) is 1. The van der Waals surface area contributed by atoms with E-state index in [1.54, 1.807) is 36.4 Å². The van der Waals surface area contributed by atoms with E-state index in [-0.39, 0.29) is 24.7 Å². The van der Waals surface area contributed by atoms with Gasteiger partial charge in [-0.3, -0.25) is 20.4 Å². The average Bonchev–Trinajstić information content (AvgIpc) is 2.62. The maximum Gasteiger partial charge on any atom is 0.242 e. The molecule has 0 aliphatic rings. The van der Waals surface area contributed by atoms with Crippen molar-refractivity contribution in [1.82, 2.24) is 10.9 Å². The summed E-state index contributed by atoms with van der Waals surface area (Å²) in [6.07, 6.45) is 0.935. The zero-order valence-electron chi connectivity index (χ0n) is 14.4. The SMILES string of the molecule is Cc1cc(OCCCC(=O)NNC(=O)Cc2ccc(Cl)cc2)ccc1Cl. The number of carbonyl (C=O) groups is 2. The fourth-order valence-electron chi connectivity index (χ4n) is 2.16.